The molecule has 0 aliphatic heterocycles. The molecule has 17 heavy (non-hydrogen) atoms. The molecular weight excluding hydrogens is 256 g/mol. The number of rotatable bonds is 1. The van der Waals surface area contributed by atoms with E-state index in [0.717, 1.165) is 22.3 Å². The van der Waals surface area contributed by atoms with Gasteiger partial charge in [0.2, 0.25) is 0 Å². The third kappa shape index (κ3) is 1.59. The number of hydrogen-bond acceptors (Lipinski definition) is 2. The van der Waals surface area contributed by atoms with Gasteiger partial charge in [-0.1, -0.05) is 11.6 Å². The standard InChI is InChI=1S/C11H9ClN4S/c1-16-10(14-15-11(16)17)8-5-13-9-3-2-6(12)4-7(8)9/h2-5,13H,1H3,(H,15,17). The van der Waals surface area contributed by atoms with E-state index in [-0.39, 0.29) is 0 Å². The second kappa shape index (κ2) is 3.72. The van der Waals surface area contributed by atoms with E-state index in [4.69, 9.17) is 23.8 Å². The van der Waals surface area contributed by atoms with Crippen molar-refractivity contribution in [3.05, 3.63) is 34.2 Å². The maximum absolute atomic E-state index is 6.01. The van der Waals surface area contributed by atoms with Crippen LogP contribution in [0.4, 0.5) is 0 Å². The monoisotopic (exact) mass is 264 g/mol. The van der Waals surface area contributed by atoms with Crippen molar-refractivity contribution >= 4 is 34.7 Å². The van der Waals surface area contributed by atoms with Crippen molar-refractivity contribution in [2.75, 3.05) is 0 Å². The lowest BCUT2D eigenvalue weighted by Crippen LogP contribution is -1.91. The fourth-order valence-electron chi connectivity index (χ4n) is 1.87. The average Bonchev–Trinajstić information content (AvgIpc) is 2.84. The summed E-state index contributed by atoms with van der Waals surface area (Å²) in [5, 5.41) is 8.73. The molecule has 0 amide bonds. The number of fused-ring (bicyclic) bond motifs is 1. The van der Waals surface area contributed by atoms with Gasteiger partial charge in [0, 0.05) is 34.7 Å². The van der Waals surface area contributed by atoms with Gasteiger partial charge in [-0.15, -0.1) is 0 Å². The Bertz CT molecular complexity index is 752. The molecule has 0 saturated heterocycles. The molecule has 4 nitrogen and oxygen atoms in total. The van der Waals surface area contributed by atoms with Gasteiger partial charge in [0.25, 0.3) is 0 Å². The van der Waals surface area contributed by atoms with Gasteiger partial charge in [0.05, 0.1) is 0 Å². The molecule has 0 radical (unpaired) electrons. The fourth-order valence-corrected chi connectivity index (χ4v) is 2.17. The number of hydrogen-bond donors (Lipinski definition) is 2. The molecule has 2 aromatic heterocycles. The van der Waals surface area contributed by atoms with Gasteiger partial charge in [-0.3, -0.25) is 5.10 Å². The maximum atomic E-state index is 6.01. The van der Waals surface area contributed by atoms with E-state index in [1.54, 1.807) is 0 Å². The molecule has 3 rings (SSSR count). The minimum absolute atomic E-state index is 0.594. The summed E-state index contributed by atoms with van der Waals surface area (Å²) >= 11 is 11.1. The Kier molecular flexibility index (Phi) is 2.31. The average molecular weight is 265 g/mol. The Morgan fingerprint density at radius 3 is 2.94 bits per heavy atom. The van der Waals surface area contributed by atoms with E-state index in [1.807, 2.05) is 36.0 Å². The first kappa shape index (κ1) is 10.6. The molecule has 86 valence electrons. The zero-order chi connectivity index (χ0) is 12.0. The summed E-state index contributed by atoms with van der Waals surface area (Å²) in [6.45, 7) is 0. The van der Waals surface area contributed by atoms with Crippen LogP contribution in [0.1, 0.15) is 0 Å². The number of nitrogens with zero attached hydrogens (tertiary/aromatic N) is 2. The van der Waals surface area contributed by atoms with Crippen molar-refractivity contribution in [1.29, 1.82) is 0 Å². The summed E-state index contributed by atoms with van der Waals surface area (Å²) in [6.07, 6.45) is 1.91. The SMILES string of the molecule is Cn1c(-c2c[nH]c3ccc(Cl)cc23)n[nH]c1=S. The lowest BCUT2D eigenvalue weighted by Gasteiger charge is -1.98. The molecule has 0 bridgehead atoms. The van der Waals surface area contributed by atoms with Crippen molar-refractivity contribution in [3.8, 4) is 11.4 Å². The van der Waals surface area contributed by atoms with Crippen LogP contribution < -0.4 is 0 Å². The summed E-state index contributed by atoms with van der Waals surface area (Å²) in [5.41, 5.74) is 2.01. The van der Waals surface area contributed by atoms with Crippen LogP contribution in [-0.4, -0.2) is 19.7 Å². The van der Waals surface area contributed by atoms with Crippen LogP contribution in [-0.2, 0) is 7.05 Å². The summed E-state index contributed by atoms with van der Waals surface area (Å²) in [6, 6.07) is 5.72. The van der Waals surface area contributed by atoms with Crippen molar-refractivity contribution in [2.24, 2.45) is 7.05 Å². The van der Waals surface area contributed by atoms with E-state index in [2.05, 4.69) is 15.2 Å². The molecule has 0 fully saturated rings. The van der Waals surface area contributed by atoms with Crippen LogP contribution in [0.3, 0.4) is 0 Å². The first-order valence-electron chi connectivity index (χ1n) is 5.05. The number of aromatic nitrogens is 4. The van der Waals surface area contributed by atoms with Gasteiger partial charge in [0.15, 0.2) is 10.6 Å². The second-order valence-electron chi connectivity index (χ2n) is 3.80. The largest absolute Gasteiger partial charge is 0.360 e. The van der Waals surface area contributed by atoms with Gasteiger partial charge >= 0.3 is 0 Å². The summed E-state index contributed by atoms with van der Waals surface area (Å²) in [5.74, 6) is 0.795. The number of aromatic amines is 2. The lowest BCUT2D eigenvalue weighted by molar-refractivity contribution is 0.903. The molecule has 3 aromatic rings. The molecule has 0 saturated carbocycles. The number of nitrogens with one attached hydrogen (secondary N) is 2. The van der Waals surface area contributed by atoms with Gasteiger partial charge in [0.1, 0.15) is 0 Å². The zero-order valence-electron chi connectivity index (χ0n) is 8.99. The number of H-pyrrole nitrogens is 2. The van der Waals surface area contributed by atoms with Crippen molar-refractivity contribution in [3.63, 3.8) is 0 Å². The normalized spacial score (nSPS) is 11.2. The summed E-state index contributed by atoms with van der Waals surface area (Å²) in [7, 11) is 1.88. The summed E-state index contributed by atoms with van der Waals surface area (Å²) in [4.78, 5) is 3.19. The van der Waals surface area contributed by atoms with Gasteiger partial charge in [-0.05, 0) is 30.4 Å². The molecule has 0 aliphatic rings. The molecule has 2 heterocycles. The topological polar surface area (TPSA) is 49.4 Å². The van der Waals surface area contributed by atoms with Crippen LogP contribution in [0.5, 0.6) is 0 Å². The Morgan fingerprint density at radius 2 is 2.24 bits per heavy atom. The first-order chi connectivity index (χ1) is 8.16. The van der Waals surface area contributed by atoms with Crippen molar-refractivity contribution in [1.82, 2.24) is 19.7 Å². The van der Waals surface area contributed by atoms with Crippen LogP contribution in [0.25, 0.3) is 22.3 Å². The fraction of sp³-hybridized carbons (Fsp3) is 0.0909. The molecule has 2 N–H and O–H groups in total. The Hall–Kier alpha value is -1.59. The van der Waals surface area contributed by atoms with E-state index in [9.17, 15) is 0 Å². The van der Waals surface area contributed by atoms with E-state index in [1.165, 1.54) is 0 Å². The smallest absolute Gasteiger partial charge is 0.195 e. The van der Waals surface area contributed by atoms with Crippen molar-refractivity contribution in [2.45, 2.75) is 0 Å². The molecule has 0 unspecified atom stereocenters. The lowest BCUT2D eigenvalue weighted by atomic mass is 10.1. The van der Waals surface area contributed by atoms with Crippen LogP contribution >= 0.6 is 23.8 Å². The number of benzene rings is 1. The highest BCUT2D eigenvalue weighted by Crippen LogP contribution is 2.28. The molecular formula is C11H9ClN4S. The minimum atomic E-state index is 0.594. The van der Waals surface area contributed by atoms with E-state index < -0.39 is 0 Å². The highest BCUT2D eigenvalue weighted by atomic mass is 35.5. The molecule has 0 spiro atoms. The third-order valence-corrected chi connectivity index (χ3v) is 3.36. The van der Waals surface area contributed by atoms with Crippen LogP contribution in [0.2, 0.25) is 5.02 Å². The van der Waals surface area contributed by atoms with Crippen LogP contribution in [0, 0.1) is 4.77 Å². The van der Waals surface area contributed by atoms with Gasteiger partial charge in [-0.25, -0.2) is 0 Å². The van der Waals surface area contributed by atoms with Crippen LogP contribution in [0.15, 0.2) is 24.4 Å². The van der Waals surface area contributed by atoms with Gasteiger partial charge < -0.3 is 9.55 Å². The predicted octanol–water partition coefficient (Wildman–Crippen LogP) is 3.28. The Balaban J connectivity index is 2.34. The predicted molar refractivity (Wildman–Crippen MR) is 70.7 cm³/mol. The molecule has 0 atom stereocenters. The van der Waals surface area contributed by atoms with Gasteiger partial charge in [-0.2, -0.15) is 5.10 Å². The second-order valence-corrected chi connectivity index (χ2v) is 4.63. The quantitative estimate of drug-likeness (QED) is 0.663. The van der Waals surface area contributed by atoms with Crippen molar-refractivity contribution < 1.29 is 0 Å². The third-order valence-electron chi connectivity index (χ3n) is 2.76. The van der Waals surface area contributed by atoms with E-state index in [0.29, 0.717) is 9.79 Å². The molecule has 6 heteroatoms. The maximum Gasteiger partial charge on any atom is 0.195 e. The zero-order valence-corrected chi connectivity index (χ0v) is 10.6. The Morgan fingerprint density at radius 1 is 1.41 bits per heavy atom. The minimum Gasteiger partial charge on any atom is -0.360 e. The highest BCUT2D eigenvalue weighted by Gasteiger charge is 2.11. The molecule has 0 aliphatic carbocycles. The summed E-state index contributed by atoms with van der Waals surface area (Å²) < 4.78 is 2.43. The highest BCUT2D eigenvalue weighted by molar-refractivity contribution is 7.71. The van der Waals surface area contributed by atoms with E-state index >= 15 is 0 Å². The first-order valence-corrected chi connectivity index (χ1v) is 5.84. The number of halogens is 1. The Labute approximate surface area is 107 Å². The molecule has 1 aromatic carbocycles.